The maximum absolute atomic E-state index is 4.00. The lowest BCUT2D eigenvalue weighted by atomic mass is 10.0. The molecule has 0 aromatic rings. The summed E-state index contributed by atoms with van der Waals surface area (Å²) in [5, 5.41) is 3.42. The Kier molecular flexibility index (Phi) is 4.99. The summed E-state index contributed by atoms with van der Waals surface area (Å²) in [5.41, 5.74) is 1.27. The average molecular weight is 214 g/mol. The number of nitrogens with one attached hydrogen (secondary N) is 1. The fraction of sp³-hybridized carbons (Fsp3) is 0.818. The van der Waals surface area contributed by atoms with Crippen molar-refractivity contribution in [3.05, 3.63) is 12.2 Å². The first-order valence-corrected chi connectivity index (χ1v) is 6.40. The van der Waals surface area contributed by atoms with Gasteiger partial charge in [0.25, 0.3) is 0 Å². The Morgan fingerprint density at radius 2 is 2.43 bits per heavy atom. The Labute approximate surface area is 92.1 Å². The van der Waals surface area contributed by atoms with Gasteiger partial charge in [0.2, 0.25) is 0 Å². The number of hydrogen-bond donors (Lipinski definition) is 1. The van der Waals surface area contributed by atoms with Gasteiger partial charge in [-0.2, -0.15) is 11.8 Å². The van der Waals surface area contributed by atoms with Crippen LogP contribution in [0, 0.1) is 0 Å². The van der Waals surface area contributed by atoms with Crippen molar-refractivity contribution < 1.29 is 0 Å². The normalized spacial score (nSPS) is 26.1. The molecule has 2 nitrogen and oxygen atoms in total. The summed E-state index contributed by atoms with van der Waals surface area (Å²) in [6.07, 6.45) is 1.09. The molecule has 0 aromatic carbocycles. The Bertz CT molecular complexity index is 194. The molecule has 0 aliphatic carbocycles. The topological polar surface area (TPSA) is 15.3 Å². The predicted octanol–water partition coefficient (Wildman–Crippen LogP) is 1.59. The molecule has 0 amide bonds. The molecule has 1 N–H and O–H groups in total. The Hall–Kier alpha value is 0.01000. The van der Waals surface area contributed by atoms with Gasteiger partial charge in [0.1, 0.15) is 0 Å². The van der Waals surface area contributed by atoms with Gasteiger partial charge in [0.05, 0.1) is 0 Å². The van der Waals surface area contributed by atoms with E-state index >= 15 is 0 Å². The predicted molar refractivity (Wildman–Crippen MR) is 66.0 cm³/mol. The van der Waals surface area contributed by atoms with Gasteiger partial charge in [-0.15, -0.1) is 6.58 Å². The van der Waals surface area contributed by atoms with Crippen molar-refractivity contribution in [1.82, 2.24) is 10.2 Å². The molecule has 1 saturated heterocycles. The molecule has 1 fully saturated rings. The van der Waals surface area contributed by atoms with E-state index in [0.29, 0.717) is 12.1 Å². The molecule has 3 heteroatoms. The molecular weight excluding hydrogens is 192 g/mol. The van der Waals surface area contributed by atoms with Gasteiger partial charge >= 0.3 is 0 Å². The van der Waals surface area contributed by atoms with Gasteiger partial charge in [-0.3, -0.25) is 0 Å². The van der Waals surface area contributed by atoms with Crippen LogP contribution in [0.1, 0.15) is 13.3 Å². The SMILES string of the molecule is C=C(C)CC(NC)C1CSCCN1C. The third-order valence-electron chi connectivity index (χ3n) is 2.85. The molecule has 0 bridgehead atoms. The summed E-state index contributed by atoms with van der Waals surface area (Å²) in [6.45, 7) is 7.32. The van der Waals surface area contributed by atoms with Crippen LogP contribution in [0.15, 0.2) is 12.2 Å². The highest BCUT2D eigenvalue weighted by atomic mass is 32.2. The molecule has 2 unspecified atom stereocenters. The summed E-state index contributed by atoms with van der Waals surface area (Å²) < 4.78 is 0. The van der Waals surface area contributed by atoms with Crippen LogP contribution in [-0.4, -0.2) is 49.1 Å². The zero-order chi connectivity index (χ0) is 10.6. The lowest BCUT2D eigenvalue weighted by molar-refractivity contribution is 0.219. The monoisotopic (exact) mass is 214 g/mol. The van der Waals surface area contributed by atoms with Crippen molar-refractivity contribution in [1.29, 1.82) is 0 Å². The number of thioether (sulfide) groups is 1. The van der Waals surface area contributed by atoms with Crippen LogP contribution in [0.3, 0.4) is 0 Å². The number of hydrogen-bond acceptors (Lipinski definition) is 3. The summed E-state index contributed by atoms with van der Waals surface area (Å²) >= 11 is 2.07. The molecule has 0 aromatic heterocycles. The zero-order valence-corrected chi connectivity index (χ0v) is 10.4. The van der Waals surface area contributed by atoms with Crippen LogP contribution in [0.4, 0.5) is 0 Å². The third-order valence-corrected chi connectivity index (χ3v) is 3.90. The minimum Gasteiger partial charge on any atom is -0.315 e. The maximum Gasteiger partial charge on any atom is 0.0340 e. The Morgan fingerprint density at radius 1 is 1.71 bits per heavy atom. The van der Waals surface area contributed by atoms with E-state index in [4.69, 9.17) is 0 Å². The largest absolute Gasteiger partial charge is 0.315 e. The van der Waals surface area contributed by atoms with Gasteiger partial charge in [-0.05, 0) is 27.4 Å². The van der Waals surface area contributed by atoms with Gasteiger partial charge in [-0.1, -0.05) is 5.57 Å². The van der Waals surface area contributed by atoms with E-state index < -0.39 is 0 Å². The molecule has 2 atom stereocenters. The molecule has 1 rings (SSSR count). The first-order chi connectivity index (χ1) is 6.65. The van der Waals surface area contributed by atoms with Gasteiger partial charge in [0, 0.05) is 30.1 Å². The van der Waals surface area contributed by atoms with Crippen molar-refractivity contribution in [3.8, 4) is 0 Å². The summed E-state index contributed by atoms with van der Waals surface area (Å²) in [6, 6.07) is 1.22. The van der Waals surface area contributed by atoms with Crippen molar-refractivity contribution in [2.45, 2.75) is 25.4 Å². The van der Waals surface area contributed by atoms with Gasteiger partial charge in [0.15, 0.2) is 0 Å². The second-order valence-corrected chi connectivity index (χ2v) is 5.33. The number of likely N-dealkylation sites (N-methyl/N-ethyl adjacent to an activating group) is 2. The highest BCUT2D eigenvalue weighted by Crippen LogP contribution is 2.20. The van der Waals surface area contributed by atoms with Crippen molar-refractivity contribution in [2.75, 3.05) is 32.1 Å². The highest BCUT2D eigenvalue weighted by molar-refractivity contribution is 7.99. The van der Waals surface area contributed by atoms with Gasteiger partial charge in [-0.25, -0.2) is 0 Å². The van der Waals surface area contributed by atoms with Crippen molar-refractivity contribution in [2.24, 2.45) is 0 Å². The molecule has 1 heterocycles. The molecule has 82 valence electrons. The molecule has 0 radical (unpaired) electrons. The lowest BCUT2D eigenvalue weighted by Gasteiger charge is -2.37. The molecule has 1 aliphatic heterocycles. The van der Waals surface area contributed by atoms with Crippen molar-refractivity contribution >= 4 is 11.8 Å². The second-order valence-electron chi connectivity index (χ2n) is 4.18. The Morgan fingerprint density at radius 3 is 2.93 bits per heavy atom. The Balaban J connectivity index is 2.52. The minimum atomic E-state index is 0.560. The maximum atomic E-state index is 4.00. The molecule has 1 aliphatic rings. The summed E-state index contributed by atoms with van der Waals surface area (Å²) in [4.78, 5) is 2.47. The minimum absolute atomic E-state index is 0.560. The van der Waals surface area contributed by atoms with Crippen LogP contribution in [0.5, 0.6) is 0 Å². The van der Waals surface area contributed by atoms with E-state index in [2.05, 4.69) is 49.6 Å². The fourth-order valence-corrected chi connectivity index (χ4v) is 3.25. The molecular formula is C11H22N2S. The zero-order valence-electron chi connectivity index (χ0n) is 9.55. The fourth-order valence-electron chi connectivity index (χ4n) is 1.93. The van der Waals surface area contributed by atoms with E-state index in [-0.39, 0.29) is 0 Å². The second kappa shape index (κ2) is 5.79. The lowest BCUT2D eigenvalue weighted by Crippen LogP contribution is -2.51. The average Bonchev–Trinajstić information content (AvgIpc) is 2.15. The molecule has 14 heavy (non-hydrogen) atoms. The quantitative estimate of drug-likeness (QED) is 0.716. The number of nitrogens with zero attached hydrogens (tertiary/aromatic N) is 1. The van der Waals surface area contributed by atoms with Crippen LogP contribution in [0.2, 0.25) is 0 Å². The molecule has 0 saturated carbocycles. The van der Waals surface area contributed by atoms with Crippen molar-refractivity contribution in [3.63, 3.8) is 0 Å². The summed E-state index contributed by atoms with van der Waals surface area (Å²) in [5.74, 6) is 2.52. The number of rotatable bonds is 4. The first-order valence-electron chi connectivity index (χ1n) is 5.24. The first kappa shape index (κ1) is 12.1. The summed E-state index contributed by atoms with van der Waals surface area (Å²) in [7, 11) is 4.29. The smallest absolute Gasteiger partial charge is 0.0340 e. The van der Waals surface area contributed by atoms with Crippen LogP contribution in [0.25, 0.3) is 0 Å². The van der Waals surface area contributed by atoms with E-state index in [9.17, 15) is 0 Å². The van der Waals surface area contributed by atoms with Crippen LogP contribution >= 0.6 is 11.8 Å². The van der Waals surface area contributed by atoms with E-state index in [1.807, 2.05) is 0 Å². The highest BCUT2D eigenvalue weighted by Gasteiger charge is 2.26. The van der Waals surface area contributed by atoms with E-state index in [0.717, 1.165) is 6.42 Å². The van der Waals surface area contributed by atoms with E-state index in [1.165, 1.54) is 23.6 Å². The third kappa shape index (κ3) is 3.30. The van der Waals surface area contributed by atoms with Gasteiger partial charge < -0.3 is 10.2 Å². The standard InChI is InChI=1S/C11H22N2S/c1-9(2)7-10(12-3)11-8-14-6-5-13(11)4/h10-12H,1,5-8H2,2-4H3. The molecule has 0 spiro atoms. The van der Waals surface area contributed by atoms with Crippen LogP contribution in [-0.2, 0) is 0 Å². The van der Waals surface area contributed by atoms with E-state index in [1.54, 1.807) is 0 Å². The van der Waals surface area contributed by atoms with Crippen LogP contribution < -0.4 is 5.32 Å².